The third-order valence-electron chi connectivity index (χ3n) is 2.27. The molecule has 8 nitrogen and oxygen atoms in total. The molecule has 0 saturated carbocycles. The second kappa shape index (κ2) is 5.57. The van der Waals surface area contributed by atoms with Gasteiger partial charge in [-0.3, -0.25) is 10.1 Å². The van der Waals surface area contributed by atoms with E-state index in [1.165, 1.54) is 31.4 Å². The standard InChI is InChI=1S/C11H9ClN4O4/c1-19-6-2-3-7(16(17)18)8(4-6)20-10-5-9(12)14-11(13)15-10/h2-5H,1H3,(H2,13,14,15). The molecule has 1 aromatic carbocycles. The lowest BCUT2D eigenvalue weighted by Gasteiger charge is -2.07. The zero-order valence-corrected chi connectivity index (χ0v) is 11.0. The number of aromatic nitrogens is 2. The third-order valence-corrected chi connectivity index (χ3v) is 2.46. The van der Waals surface area contributed by atoms with Gasteiger partial charge in [0.25, 0.3) is 0 Å². The number of nitrogens with zero attached hydrogens (tertiary/aromatic N) is 3. The number of nitro groups is 1. The second-order valence-electron chi connectivity index (χ2n) is 3.58. The van der Waals surface area contributed by atoms with Gasteiger partial charge in [0.2, 0.25) is 17.6 Å². The first kappa shape index (κ1) is 13.8. The lowest BCUT2D eigenvalue weighted by atomic mass is 10.3. The molecule has 20 heavy (non-hydrogen) atoms. The van der Waals surface area contributed by atoms with Gasteiger partial charge in [-0.2, -0.15) is 4.98 Å². The van der Waals surface area contributed by atoms with Crippen molar-refractivity contribution in [1.82, 2.24) is 9.97 Å². The predicted molar refractivity (Wildman–Crippen MR) is 71.2 cm³/mol. The summed E-state index contributed by atoms with van der Waals surface area (Å²) in [6.07, 6.45) is 0. The van der Waals surface area contributed by atoms with Crippen LogP contribution in [0.4, 0.5) is 11.6 Å². The maximum absolute atomic E-state index is 10.9. The van der Waals surface area contributed by atoms with Crippen molar-refractivity contribution in [3.63, 3.8) is 0 Å². The molecular formula is C11H9ClN4O4. The first-order valence-electron chi connectivity index (χ1n) is 5.30. The average molecular weight is 297 g/mol. The molecule has 0 fully saturated rings. The molecule has 0 aliphatic heterocycles. The van der Waals surface area contributed by atoms with Crippen LogP contribution in [0, 0.1) is 10.1 Å². The zero-order chi connectivity index (χ0) is 14.7. The molecule has 0 radical (unpaired) electrons. The number of anilines is 1. The number of hydrogen-bond acceptors (Lipinski definition) is 7. The first-order chi connectivity index (χ1) is 9.49. The monoisotopic (exact) mass is 296 g/mol. The number of benzene rings is 1. The largest absolute Gasteiger partial charge is 0.497 e. The fourth-order valence-corrected chi connectivity index (χ4v) is 1.61. The molecule has 1 heterocycles. The molecule has 0 aliphatic carbocycles. The number of nitro benzene ring substituents is 1. The summed E-state index contributed by atoms with van der Waals surface area (Å²) in [5.41, 5.74) is 5.18. The van der Waals surface area contributed by atoms with Crippen molar-refractivity contribution in [1.29, 1.82) is 0 Å². The van der Waals surface area contributed by atoms with Gasteiger partial charge in [-0.05, 0) is 6.07 Å². The number of ether oxygens (including phenoxy) is 2. The molecule has 2 aromatic rings. The van der Waals surface area contributed by atoms with E-state index in [-0.39, 0.29) is 28.4 Å². The van der Waals surface area contributed by atoms with Crippen LogP contribution in [0.5, 0.6) is 17.4 Å². The highest BCUT2D eigenvalue weighted by Crippen LogP contribution is 2.34. The van der Waals surface area contributed by atoms with Gasteiger partial charge in [0, 0.05) is 18.2 Å². The van der Waals surface area contributed by atoms with E-state index in [1.807, 2.05) is 0 Å². The van der Waals surface area contributed by atoms with E-state index in [4.69, 9.17) is 26.8 Å². The van der Waals surface area contributed by atoms with Gasteiger partial charge in [-0.25, -0.2) is 4.98 Å². The van der Waals surface area contributed by atoms with Crippen molar-refractivity contribution >= 4 is 23.2 Å². The van der Waals surface area contributed by atoms with Crippen LogP contribution >= 0.6 is 11.6 Å². The zero-order valence-electron chi connectivity index (χ0n) is 10.2. The smallest absolute Gasteiger partial charge is 0.311 e. The van der Waals surface area contributed by atoms with Crippen molar-refractivity contribution in [3.05, 3.63) is 39.5 Å². The fraction of sp³-hybridized carbons (Fsp3) is 0.0909. The number of halogens is 1. The molecule has 0 amide bonds. The van der Waals surface area contributed by atoms with Crippen LogP contribution in [0.15, 0.2) is 24.3 Å². The van der Waals surface area contributed by atoms with Crippen LogP contribution in [0.2, 0.25) is 5.15 Å². The quantitative estimate of drug-likeness (QED) is 0.523. The summed E-state index contributed by atoms with van der Waals surface area (Å²) in [4.78, 5) is 17.8. The SMILES string of the molecule is COc1ccc([N+](=O)[O-])c(Oc2cc(Cl)nc(N)n2)c1. The maximum atomic E-state index is 10.9. The average Bonchev–Trinajstić information content (AvgIpc) is 2.37. The molecule has 0 saturated heterocycles. The topological polar surface area (TPSA) is 113 Å². The Labute approximate surface area is 118 Å². The Balaban J connectivity index is 2.42. The Kier molecular flexibility index (Phi) is 3.85. The number of methoxy groups -OCH3 is 1. The van der Waals surface area contributed by atoms with Crippen LogP contribution in [-0.4, -0.2) is 22.0 Å². The Bertz CT molecular complexity index is 645. The normalized spacial score (nSPS) is 10.1. The van der Waals surface area contributed by atoms with Gasteiger partial charge in [0.15, 0.2) is 0 Å². The molecule has 0 unspecified atom stereocenters. The van der Waals surface area contributed by atoms with Crippen LogP contribution in [0.25, 0.3) is 0 Å². The van der Waals surface area contributed by atoms with E-state index < -0.39 is 4.92 Å². The molecule has 9 heteroatoms. The Morgan fingerprint density at radius 3 is 2.70 bits per heavy atom. The number of nitrogens with two attached hydrogens (primary N) is 1. The molecular weight excluding hydrogens is 288 g/mol. The van der Waals surface area contributed by atoms with Crippen molar-refractivity contribution in [2.24, 2.45) is 0 Å². The molecule has 0 bridgehead atoms. The molecule has 2 N–H and O–H groups in total. The summed E-state index contributed by atoms with van der Waals surface area (Å²) in [7, 11) is 1.44. The van der Waals surface area contributed by atoms with Crippen LogP contribution in [-0.2, 0) is 0 Å². The predicted octanol–water partition coefficient (Wildman–Crippen LogP) is 2.42. The first-order valence-corrected chi connectivity index (χ1v) is 5.67. The van der Waals surface area contributed by atoms with E-state index in [0.717, 1.165) is 0 Å². The minimum Gasteiger partial charge on any atom is -0.497 e. The molecule has 0 atom stereocenters. The van der Waals surface area contributed by atoms with E-state index in [9.17, 15) is 10.1 Å². The highest BCUT2D eigenvalue weighted by Gasteiger charge is 2.18. The van der Waals surface area contributed by atoms with Crippen LogP contribution < -0.4 is 15.2 Å². The van der Waals surface area contributed by atoms with Crippen molar-refractivity contribution < 1.29 is 14.4 Å². The van der Waals surface area contributed by atoms with Gasteiger partial charge in [-0.1, -0.05) is 11.6 Å². The van der Waals surface area contributed by atoms with E-state index in [0.29, 0.717) is 5.75 Å². The summed E-state index contributed by atoms with van der Waals surface area (Å²) in [5, 5.41) is 11.0. The summed E-state index contributed by atoms with van der Waals surface area (Å²) >= 11 is 5.71. The highest BCUT2D eigenvalue weighted by molar-refractivity contribution is 6.29. The van der Waals surface area contributed by atoms with Gasteiger partial charge < -0.3 is 15.2 Å². The minimum atomic E-state index is -0.582. The van der Waals surface area contributed by atoms with Gasteiger partial charge in [0.1, 0.15) is 10.9 Å². The van der Waals surface area contributed by atoms with E-state index in [1.54, 1.807) is 0 Å². The van der Waals surface area contributed by atoms with Gasteiger partial charge >= 0.3 is 5.69 Å². The summed E-state index contributed by atoms with van der Waals surface area (Å²) in [5.74, 6) is 0.263. The number of hydrogen-bond donors (Lipinski definition) is 1. The number of rotatable bonds is 4. The second-order valence-corrected chi connectivity index (χ2v) is 3.97. The molecule has 2 rings (SSSR count). The lowest BCUT2D eigenvalue weighted by Crippen LogP contribution is -1.99. The molecule has 104 valence electrons. The highest BCUT2D eigenvalue weighted by atomic mass is 35.5. The summed E-state index contributed by atoms with van der Waals surface area (Å²) < 4.78 is 10.3. The molecule has 0 aliphatic rings. The molecule has 0 spiro atoms. The van der Waals surface area contributed by atoms with Gasteiger partial charge in [-0.15, -0.1) is 0 Å². The third kappa shape index (κ3) is 3.04. The van der Waals surface area contributed by atoms with E-state index >= 15 is 0 Å². The van der Waals surface area contributed by atoms with Crippen molar-refractivity contribution in [3.8, 4) is 17.4 Å². The van der Waals surface area contributed by atoms with Crippen molar-refractivity contribution in [2.45, 2.75) is 0 Å². The summed E-state index contributed by atoms with van der Waals surface area (Å²) in [6, 6.07) is 5.37. The van der Waals surface area contributed by atoms with E-state index in [2.05, 4.69) is 9.97 Å². The maximum Gasteiger partial charge on any atom is 0.311 e. The Morgan fingerprint density at radius 2 is 2.10 bits per heavy atom. The minimum absolute atomic E-state index is 0.00106. The fourth-order valence-electron chi connectivity index (χ4n) is 1.43. The molecule has 1 aromatic heterocycles. The number of nitrogen functional groups attached to an aromatic ring is 1. The summed E-state index contributed by atoms with van der Waals surface area (Å²) in [6.45, 7) is 0. The lowest BCUT2D eigenvalue weighted by molar-refractivity contribution is -0.385. The van der Waals surface area contributed by atoms with Crippen LogP contribution in [0.1, 0.15) is 0 Å². The Hall–Kier alpha value is -2.61. The Morgan fingerprint density at radius 1 is 1.35 bits per heavy atom. The van der Waals surface area contributed by atoms with Gasteiger partial charge in [0.05, 0.1) is 12.0 Å². The van der Waals surface area contributed by atoms with Crippen LogP contribution in [0.3, 0.4) is 0 Å². The van der Waals surface area contributed by atoms with Crippen molar-refractivity contribution in [2.75, 3.05) is 12.8 Å².